The molecule has 6 fully saturated rings. The van der Waals surface area contributed by atoms with Crippen LogP contribution in [-0.2, 0) is 61.6 Å². The molecule has 0 aromatic rings. The van der Waals surface area contributed by atoms with E-state index in [4.69, 9.17) is 67.1 Å². The van der Waals surface area contributed by atoms with Crippen molar-refractivity contribution in [1.82, 2.24) is 0 Å². The van der Waals surface area contributed by atoms with Gasteiger partial charge < -0.3 is 133 Å². The molecule has 0 saturated carbocycles. The highest BCUT2D eigenvalue weighted by Crippen LogP contribution is 2.32. The Labute approximate surface area is 417 Å². The monoisotopic (exact) mass is 1060 g/mol. The Kier molecular flexibility index (Phi) is 26.3. The van der Waals surface area contributed by atoms with Gasteiger partial charge in [0.2, 0.25) is 0 Å². The van der Waals surface area contributed by atoms with E-state index in [9.17, 15) is 71.2 Å². The van der Waals surface area contributed by atoms with Crippen LogP contribution in [0.2, 0.25) is 0 Å². The normalized spacial score (nSPS) is 49.7. The van der Waals surface area contributed by atoms with E-state index >= 15 is 0 Å². The number of carbonyl (C=O) groups is 1. The van der Waals surface area contributed by atoms with Crippen LogP contribution in [0.3, 0.4) is 0 Å². The van der Waals surface area contributed by atoms with E-state index in [1.165, 1.54) is 28.4 Å². The Bertz CT molecular complexity index is 1490. The van der Waals surface area contributed by atoms with Crippen LogP contribution >= 0.6 is 0 Å². The number of hydrogen-bond acceptors (Lipinski definition) is 27. The zero-order chi connectivity index (χ0) is 54.8. The molecule has 30 atom stereocenters. The molecule has 0 aromatic carbocycles. The Balaban J connectivity index is 0.000000300. The van der Waals surface area contributed by atoms with Crippen LogP contribution in [0.15, 0.2) is 0 Å². The third kappa shape index (κ3) is 15.6. The minimum Gasteiger partial charge on any atom is -0.479 e. The summed E-state index contributed by atoms with van der Waals surface area (Å²) in [4.78, 5) is 11.2. The first-order valence-corrected chi connectivity index (χ1v) is 23.6. The molecule has 0 aromatic heterocycles. The number of rotatable bonds is 11. The maximum absolute atomic E-state index is 11.2. The minimum absolute atomic E-state index is 0.230. The van der Waals surface area contributed by atoms with Crippen molar-refractivity contribution in [2.45, 2.75) is 232 Å². The highest BCUT2D eigenvalue weighted by atomic mass is 16.7. The number of ether oxygens (including phenoxy) is 12. The molecule has 0 spiro atoms. The van der Waals surface area contributed by atoms with Crippen LogP contribution in [0.25, 0.3) is 0 Å². The van der Waals surface area contributed by atoms with Crippen molar-refractivity contribution in [3.8, 4) is 0 Å². The summed E-state index contributed by atoms with van der Waals surface area (Å²) in [6, 6.07) is 0. The van der Waals surface area contributed by atoms with Gasteiger partial charge in [-0.15, -0.1) is 0 Å². The molecular formula is C44H82O28. The lowest BCUT2D eigenvalue weighted by Gasteiger charge is -2.46. The van der Waals surface area contributed by atoms with Crippen molar-refractivity contribution >= 4 is 5.97 Å². The van der Waals surface area contributed by atoms with Gasteiger partial charge in [-0.05, 0) is 48.5 Å². The van der Waals surface area contributed by atoms with E-state index in [0.717, 1.165) is 0 Å². The predicted molar refractivity (Wildman–Crippen MR) is 239 cm³/mol. The van der Waals surface area contributed by atoms with Crippen molar-refractivity contribution in [3.05, 3.63) is 0 Å². The molecular weight excluding hydrogens is 976 g/mol. The topological polar surface area (TPSA) is 431 Å². The van der Waals surface area contributed by atoms with Crippen LogP contribution in [0.5, 0.6) is 0 Å². The molecule has 6 aliphatic heterocycles. The Morgan fingerprint density at radius 3 is 1.18 bits per heavy atom. The average molecular weight is 1060 g/mol. The number of aliphatic hydroxyl groups is 14. The van der Waals surface area contributed by atoms with Crippen molar-refractivity contribution in [1.29, 1.82) is 0 Å². The molecule has 0 bridgehead atoms. The SMILES string of the molecule is COC1C(O)C(C)OC(C)[C@@H]1O.COC1C(O)[C@@H](C)OC(C)[C@@H]1O.CO[C@@H]1C(CO)O[C@H](C)C(O)[C@H]1O.CO[C@@H]1C(O[C@H]2OC(CO[C@H]3OC(C(=O)O)[C@@H](O)[C@H](O)C3O)[C@@H](O)[C@H](O)C2O)C(C)OC(C)[C@@H]1O. The van der Waals surface area contributed by atoms with Gasteiger partial charge in [0.05, 0.1) is 55.9 Å². The van der Waals surface area contributed by atoms with Crippen LogP contribution in [-0.4, -0.2) is 308 Å². The summed E-state index contributed by atoms with van der Waals surface area (Å²) in [5.41, 5.74) is 0. The van der Waals surface area contributed by atoms with Gasteiger partial charge in [0.1, 0.15) is 122 Å². The van der Waals surface area contributed by atoms with Gasteiger partial charge in [-0.25, -0.2) is 4.79 Å². The summed E-state index contributed by atoms with van der Waals surface area (Å²) in [6.07, 6.45) is -30.3. The molecule has 28 nitrogen and oxygen atoms in total. The maximum Gasteiger partial charge on any atom is 0.335 e. The zero-order valence-electron chi connectivity index (χ0n) is 42.3. The van der Waals surface area contributed by atoms with Crippen molar-refractivity contribution in [3.63, 3.8) is 0 Å². The number of carboxylic acids is 1. The average Bonchev–Trinajstić information content (AvgIpc) is 3.34. The second-order valence-electron chi connectivity index (χ2n) is 18.6. The van der Waals surface area contributed by atoms with Gasteiger partial charge in [-0.1, -0.05) is 0 Å². The molecule has 6 saturated heterocycles. The number of methoxy groups -OCH3 is 4. The van der Waals surface area contributed by atoms with E-state index in [1.807, 2.05) is 0 Å². The molecule has 6 aliphatic rings. The van der Waals surface area contributed by atoms with E-state index < -0.39 is 172 Å². The molecule has 6 rings (SSSR count). The first-order valence-electron chi connectivity index (χ1n) is 23.6. The lowest BCUT2D eigenvalue weighted by atomic mass is 9.95. The van der Waals surface area contributed by atoms with E-state index in [-0.39, 0.29) is 31.0 Å². The number of aliphatic hydroxyl groups excluding tert-OH is 14. The largest absolute Gasteiger partial charge is 0.479 e. The maximum atomic E-state index is 11.2. The summed E-state index contributed by atoms with van der Waals surface area (Å²) in [7, 11) is 5.71. The number of carboxylic acid groups (broad SMARTS) is 1. The van der Waals surface area contributed by atoms with E-state index in [0.29, 0.717) is 0 Å². The Morgan fingerprint density at radius 2 is 0.764 bits per heavy atom. The lowest BCUT2D eigenvalue weighted by molar-refractivity contribution is -0.350. The molecule has 0 amide bonds. The van der Waals surface area contributed by atoms with Crippen LogP contribution in [0.1, 0.15) is 48.5 Å². The third-order valence-electron chi connectivity index (χ3n) is 13.6. The highest BCUT2D eigenvalue weighted by Gasteiger charge is 2.52. The van der Waals surface area contributed by atoms with Crippen molar-refractivity contribution < 1.29 is 138 Å². The fraction of sp³-hybridized carbons (Fsp3) is 0.977. The smallest absolute Gasteiger partial charge is 0.335 e. The van der Waals surface area contributed by atoms with Gasteiger partial charge in [0.15, 0.2) is 18.7 Å². The first-order chi connectivity index (χ1) is 33.6. The fourth-order valence-electron chi connectivity index (χ4n) is 8.98. The lowest BCUT2D eigenvalue weighted by Crippen LogP contribution is -2.64. The minimum atomic E-state index is -1.92. The predicted octanol–water partition coefficient (Wildman–Crippen LogP) is -7.17. The van der Waals surface area contributed by atoms with Crippen LogP contribution in [0.4, 0.5) is 0 Å². The Hall–Kier alpha value is -1.57. The first kappa shape index (κ1) is 64.7. The zero-order valence-corrected chi connectivity index (χ0v) is 42.3. The van der Waals surface area contributed by atoms with Gasteiger partial charge in [-0.2, -0.15) is 0 Å². The standard InChI is InChI=1S/C20H34O15.C8H16O5.2C8H16O4/c1-5-8(21)16(30-3)15(6(2)32-5)34-20-14(27)10(23)9(22)7(33-20)4-31-19-13(26)11(24)12(25)17(35-19)18(28)29;1-4-6(10)7(11)8(12-2)5(3-9)13-4;2*1-4-6(9)8(11-3)7(10)5(2)12-4/h5-17,19-27H,4H2,1-3H3,(H,28,29);4-11H,3H2,1-2H3;2*4-10H,1-3H3/t5?,6?,7?,8-,9+,10-,11-,12-,13?,14?,15?,16-,17?,19-,20+;4-,5?,6?,7-,8-;4?,5?,6-,7?,8?;4-,5?,6?,7+,8?/m0101/s1. The molecule has 0 radical (unpaired) electrons. The van der Waals surface area contributed by atoms with Gasteiger partial charge in [0, 0.05) is 28.4 Å². The quantitative estimate of drug-likeness (QED) is 0.0914. The molecule has 0 aliphatic carbocycles. The molecule has 16 unspecified atom stereocenters. The second kappa shape index (κ2) is 29.2. The molecule has 15 N–H and O–H groups in total. The molecule has 28 heteroatoms. The van der Waals surface area contributed by atoms with E-state index in [1.54, 1.807) is 48.5 Å². The highest BCUT2D eigenvalue weighted by molar-refractivity contribution is 5.73. The summed E-state index contributed by atoms with van der Waals surface area (Å²) in [5, 5.41) is 146. The molecule has 426 valence electrons. The molecule has 6 heterocycles. The van der Waals surface area contributed by atoms with Crippen molar-refractivity contribution in [2.24, 2.45) is 0 Å². The van der Waals surface area contributed by atoms with Gasteiger partial charge >= 0.3 is 5.97 Å². The Morgan fingerprint density at radius 1 is 0.375 bits per heavy atom. The molecule has 72 heavy (non-hydrogen) atoms. The van der Waals surface area contributed by atoms with Crippen LogP contribution < -0.4 is 0 Å². The summed E-state index contributed by atoms with van der Waals surface area (Å²) in [5.74, 6) is -1.61. The van der Waals surface area contributed by atoms with E-state index in [2.05, 4.69) is 0 Å². The van der Waals surface area contributed by atoms with Gasteiger partial charge in [0.25, 0.3) is 0 Å². The number of aliphatic carboxylic acids is 1. The van der Waals surface area contributed by atoms with Crippen LogP contribution in [0, 0.1) is 0 Å². The number of hydrogen-bond donors (Lipinski definition) is 15. The summed E-state index contributed by atoms with van der Waals surface area (Å²) in [6.45, 7) is 11.2. The fourth-order valence-corrected chi connectivity index (χ4v) is 8.98. The summed E-state index contributed by atoms with van der Waals surface area (Å²) < 4.78 is 63.2. The second-order valence-corrected chi connectivity index (χ2v) is 18.6. The summed E-state index contributed by atoms with van der Waals surface area (Å²) >= 11 is 0. The van der Waals surface area contributed by atoms with Crippen molar-refractivity contribution in [2.75, 3.05) is 41.7 Å². The van der Waals surface area contributed by atoms with Gasteiger partial charge in [-0.3, -0.25) is 0 Å². The third-order valence-corrected chi connectivity index (χ3v) is 13.6.